The summed E-state index contributed by atoms with van der Waals surface area (Å²) < 4.78 is 13.9. The van der Waals surface area contributed by atoms with Gasteiger partial charge < -0.3 is 14.2 Å². The molecule has 5 heterocycles. The summed E-state index contributed by atoms with van der Waals surface area (Å²) in [6, 6.07) is 19.1. The lowest BCUT2D eigenvalue weighted by Gasteiger charge is -2.36. The van der Waals surface area contributed by atoms with Crippen LogP contribution in [0.2, 0.25) is 0 Å². The predicted octanol–water partition coefficient (Wildman–Crippen LogP) is 5.79. The highest BCUT2D eigenvalue weighted by atomic mass is 35.5. The summed E-state index contributed by atoms with van der Waals surface area (Å²) in [4.78, 5) is 14.4. The van der Waals surface area contributed by atoms with Crippen molar-refractivity contribution >= 4 is 41.4 Å². The Hall–Kier alpha value is -3.59. The summed E-state index contributed by atoms with van der Waals surface area (Å²) in [5, 5.41) is 5.25. The highest BCUT2D eigenvalue weighted by Crippen LogP contribution is 2.37. The van der Waals surface area contributed by atoms with Crippen molar-refractivity contribution in [3.63, 3.8) is 0 Å². The largest absolute Gasteiger partial charge is 0.485 e. The van der Waals surface area contributed by atoms with E-state index < -0.39 is 0 Å². The fourth-order valence-electron chi connectivity index (χ4n) is 5.67. The molecule has 0 bridgehead atoms. The zero-order valence-corrected chi connectivity index (χ0v) is 24.2. The molecule has 0 N–H and O–H groups in total. The average molecular weight is 580 g/mol. The first-order valence-corrected chi connectivity index (χ1v) is 13.2. The number of rotatable bonds is 5. The number of nitrogens with zero attached hydrogens (tertiary/aromatic N) is 6. The minimum Gasteiger partial charge on any atom is -0.485 e. The first-order chi connectivity index (χ1) is 18.6. The molecule has 2 aliphatic heterocycles. The van der Waals surface area contributed by atoms with Crippen LogP contribution in [0.5, 0.6) is 5.75 Å². The Morgan fingerprint density at radius 1 is 0.875 bits per heavy atom. The molecule has 0 atom stereocenters. The summed E-state index contributed by atoms with van der Waals surface area (Å²) in [5.74, 6) is 1.63. The minimum atomic E-state index is 0. The summed E-state index contributed by atoms with van der Waals surface area (Å²) in [6.07, 6.45) is 2.80. The van der Waals surface area contributed by atoms with E-state index in [1.165, 1.54) is 16.6 Å². The maximum Gasteiger partial charge on any atom is 0.187 e. The van der Waals surface area contributed by atoms with Crippen LogP contribution in [0.4, 0.5) is 5.69 Å². The number of para-hydroxylation sites is 1. The highest BCUT2D eigenvalue weighted by Gasteiger charge is 2.26. The Bertz CT molecular complexity index is 1640. The number of ether oxygens (including phenoxy) is 1. The van der Waals surface area contributed by atoms with Gasteiger partial charge >= 0.3 is 0 Å². The van der Waals surface area contributed by atoms with Gasteiger partial charge in [0.25, 0.3) is 0 Å². The van der Waals surface area contributed by atoms with E-state index in [9.17, 15) is 0 Å². The van der Waals surface area contributed by atoms with Crippen LogP contribution in [0.3, 0.4) is 0 Å². The van der Waals surface area contributed by atoms with E-state index in [0.29, 0.717) is 12.4 Å². The topological polar surface area (TPSA) is 72.5 Å². The standard InChI is InChI=1S/C30H30N6O2.2ClH/c1-20-9-10-23-24(32-20)6-4-7-25(23)35-15-13-34(14-16-35)12-11-22-5-3-8-26-30(22)37-18-27-29(31-19-36(26)27)28-17-21(2)33-38-28;;/h3-10,17,19H,11-16,18H2,1-2H3;2*1H. The zero-order chi connectivity index (χ0) is 25.6. The van der Waals surface area contributed by atoms with Gasteiger partial charge in [0.1, 0.15) is 24.4 Å². The molecule has 1 fully saturated rings. The second-order valence-corrected chi connectivity index (χ2v) is 10.2. The Morgan fingerprint density at radius 3 is 2.48 bits per heavy atom. The van der Waals surface area contributed by atoms with Crippen molar-refractivity contribution in [2.75, 3.05) is 37.6 Å². The van der Waals surface area contributed by atoms with E-state index >= 15 is 0 Å². The van der Waals surface area contributed by atoms with Crippen molar-refractivity contribution in [3.8, 4) is 22.9 Å². The Labute approximate surface area is 245 Å². The molecule has 0 aliphatic carbocycles. The lowest BCUT2D eigenvalue weighted by molar-refractivity contribution is 0.255. The van der Waals surface area contributed by atoms with Crippen LogP contribution in [-0.2, 0) is 13.0 Å². The molecule has 8 nitrogen and oxygen atoms in total. The van der Waals surface area contributed by atoms with Crippen molar-refractivity contribution in [1.29, 1.82) is 0 Å². The number of pyridine rings is 1. The molecule has 1 saturated heterocycles. The van der Waals surface area contributed by atoms with Gasteiger partial charge in [-0.05, 0) is 56.2 Å². The maximum atomic E-state index is 6.32. The molecular formula is C30H32Cl2N6O2. The smallest absolute Gasteiger partial charge is 0.187 e. The third-order valence-corrected chi connectivity index (χ3v) is 7.67. The van der Waals surface area contributed by atoms with Crippen LogP contribution >= 0.6 is 24.8 Å². The molecule has 0 spiro atoms. The van der Waals surface area contributed by atoms with Gasteiger partial charge in [-0.3, -0.25) is 14.5 Å². The van der Waals surface area contributed by atoms with Crippen LogP contribution in [0.25, 0.3) is 28.0 Å². The van der Waals surface area contributed by atoms with Crippen LogP contribution in [0.1, 0.15) is 22.6 Å². The number of benzene rings is 2. The number of hydrogen-bond acceptors (Lipinski definition) is 7. The molecule has 0 unspecified atom stereocenters. The fourth-order valence-corrected chi connectivity index (χ4v) is 5.67. The number of aryl methyl sites for hydroxylation is 2. The van der Waals surface area contributed by atoms with Crippen LogP contribution < -0.4 is 9.64 Å². The maximum absolute atomic E-state index is 6.32. The minimum absolute atomic E-state index is 0. The van der Waals surface area contributed by atoms with Gasteiger partial charge in [-0.1, -0.05) is 23.4 Å². The second-order valence-electron chi connectivity index (χ2n) is 10.2. The lowest BCUT2D eigenvalue weighted by atomic mass is 10.1. The number of anilines is 1. The SMILES string of the molecule is Cc1cc(-c2ncn3c2COc2c(CCN4CCN(c5cccc6nc(C)ccc56)CC4)cccc2-3)on1.Cl.Cl. The number of fused-ring (bicyclic) bond motifs is 4. The van der Waals surface area contributed by atoms with Gasteiger partial charge in [0.2, 0.25) is 0 Å². The fraction of sp³-hybridized carbons (Fsp3) is 0.300. The van der Waals surface area contributed by atoms with Crippen LogP contribution in [0, 0.1) is 13.8 Å². The molecule has 5 aromatic rings. The second kappa shape index (κ2) is 11.5. The number of halogens is 2. The first-order valence-electron chi connectivity index (χ1n) is 13.2. The molecule has 0 radical (unpaired) electrons. The molecule has 10 heteroatoms. The van der Waals surface area contributed by atoms with E-state index in [1.807, 2.05) is 26.2 Å². The Kier molecular flexibility index (Phi) is 8.03. The van der Waals surface area contributed by atoms with Gasteiger partial charge in [-0.15, -0.1) is 24.8 Å². The van der Waals surface area contributed by atoms with Crippen molar-refractivity contribution in [2.45, 2.75) is 26.9 Å². The quantitative estimate of drug-likeness (QED) is 0.261. The highest BCUT2D eigenvalue weighted by molar-refractivity contribution is 5.92. The van der Waals surface area contributed by atoms with E-state index in [0.717, 1.165) is 78.9 Å². The van der Waals surface area contributed by atoms with Gasteiger partial charge in [0.15, 0.2) is 5.76 Å². The summed E-state index contributed by atoms with van der Waals surface area (Å²) >= 11 is 0. The zero-order valence-electron chi connectivity index (χ0n) is 22.5. The van der Waals surface area contributed by atoms with E-state index in [-0.39, 0.29) is 24.8 Å². The van der Waals surface area contributed by atoms with Gasteiger partial charge in [0, 0.05) is 55.6 Å². The number of imidazole rings is 1. The van der Waals surface area contributed by atoms with Crippen LogP contribution in [-0.4, -0.2) is 57.3 Å². The van der Waals surface area contributed by atoms with Crippen molar-refractivity contribution in [2.24, 2.45) is 0 Å². The normalized spacial score (nSPS) is 14.6. The van der Waals surface area contributed by atoms with E-state index in [1.54, 1.807) is 0 Å². The number of aromatic nitrogens is 4. The first kappa shape index (κ1) is 28.0. The van der Waals surface area contributed by atoms with Gasteiger partial charge in [0.05, 0.1) is 22.6 Å². The van der Waals surface area contributed by atoms with Crippen molar-refractivity contribution in [1.82, 2.24) is 24.6 Å². The molecule has 2 aliphatic rings. The molecular weight excluding hydrogens is 547 g/mol. The van der Waals surface area contributed by atoms with Crippen molar-refractivity contribution in [3.05, 3.63) is 83.6 Å². The van der Waals surface area contributed by atoms with E-state index in [4.69, 9.17) is 14.2 Å². The molecule has 3 aromatic heterocycles. The summed E-state index contributed by atoms with van der Waals surface area (Å²) in [7, 11) is 0. The van der Waals surface area contributed by atoms with Crippen molar-refractivity contribution < 1.29 is 9.26 Å². The average Bonchev–Trinajstić information content (AvgIpc) is 3.58. The third kappa shape index (κ3) is 5.03. The molecule has 2 aromatic carbocycles. The monoisotopic (exact) mass is 578 g/mol. The number of hydrogen-bond donors (Lipinski definition) is 0. The summed E-state index contributed by atoms with van der Waals surface area (Å²) in [6.45, 7) is 9.52. The molecule has 40 heavy (non-hydrogen) atoms. The Morgan fingerprint density at radius 2 is 1.68 bits per heavy atom. The Balaban J connectivity index is 0.00000161. The van der Waals surface area contributed by atoms with Gasteiger partial charge in [-0.25, -0.2) is 4.98 Å². The molecule has 7 rings (SSSR count). The summed E-state index contributed by atoms with van der Waals surface area (Å²) in [5.41, 5.74) is 8.30. The molecule has 0 saturated carbocycles. The lowest BCUT2D eigenvalue weighted by Crippen LogP contribution is -2.47. The molecule has 0 amide bonds. The van der Waals surface area contributed by atoms with Crippen LogP contribution in [0.15, 0.2) is 65.4 Å². The molecule has 208 valence electrons. The number of piperazine rings is 1. The van der Waals surface area contributed by atoms with E-state index in [2.05, 4.69) is 73.0 Å². The van der Waals surface area contributed by atoms with Gasteiger partial charge in [-0.2, -0.15) is 0 Å². The predicted molar refractivity (Wildman–Crippen MR) is 161 cm³/mol. The third-order valence-electron chi connectivity index (χ3n) is 7.67.